The Kier molecular flexibility index (Phi) is 4.23. The first-order chi connectivity index (χ1) is 11.2. The standard InChI is InChI=1S/C17H17N3O3/c1-20-11-13(6-10-16(20)21)17-18-15(23-19-17)9-5-12-3-7-14(22-2)8-4-12/h3-4,6-8,10-11H,5,9H2,1-2H3. The predicted molar refractivity (Wildman–Crippen MR) is 85.4 cm³/mol. The molecule has 0 radical (unpaired) electrons. The van der Waals surface area contributed by atoms with Crippen molar-refractivity contribution in [1.82, 2.24) is 14.7 Å². The third-order valence-corrected chi connectivity index (χ3v) is 3.60. The lowest BCUT2D eigenvalue weighted by atomic mass is 10.1. The fraction of sp³-hybridized carbons (Fsp3) is 0.235. The van der Waals surface area contributed by atoms with Crippen molar-refractivity contribution in [3.05, 3.63) is 64.4 Å². The molecule has 3 rings (SSSR count). The van der Waals surface area contributed by atoms with Crippen LogP contribution in [-0.2, 0) is 19.9 Å². The molecule has 118 valence electrons. The van der Waals surface area contributed by atoms with Crippen LogP contribution >= 0.6 is 0 Å². The Balaban J connectivity index is 1.69. The van der Waals surface area contributed by atoms with E-state index in [0.717, 1.165) is 17.7 Å². The Labute approximate surface area is 133 Å². The minimum atomic E-state index is -0.0722. The van der Waals surface area contributed by atoms with Gasteiger partial charge in [-0.1, -0.05) is 17.3 Å². The Bertz CT molecular complexity index is 850. The van der Waals surface area contributed by atoms with Crippen LogP contribution in [0.15, 0.2) is 51.9 Å². The van der Waals surface area contributed by atoms with Crippen molar-refractivity contribution in [2.75, 3.05) is 7.11 Å². The molecule has 0 N–H and O–H groups in total. The van der Waals surface area contributed by atoms with Crippen LogP contribution in [0.2, 0.25) is 0 Å². The summed E-state index contributed by atoms with van der Waals surface area (Å²) in [6, 6.07) is 11.1. The first-order valence-electron chi connectivity index (χ1n) is 7.28. The summed E-state index contributed by atoms with van der Waals surface area (Å²) in [7, 11) is 3.34. The fourth-order valence-electron chi connectivity index (χ4n) is 2.24. The molecule has 23 heavy (non-hydrogen) atoms. The van der Waals surface area contributed by atoms with Gasteiger partial charge in [-0.3, -0.25) is 4.79 Å². The number of pyridine rings is 1. The lowest BCUT2D eigenvalue weighted by Gasteiger charge is -2.01. The zero-order valence-electron chi connectivity index (χ0n) is 13.0. The summed E-state index contributed by atoms with van der Waals surface area (Å²) in [5.74, 6) is 1.90. The molecule has 0 aliphatic heterocycles. The molecule has 0 bridgehead atoms. The topological polar surface area (TPSA) is 70.2 Å². The van der Waals surface area contributed by atoms with E-state index in [-0.39, 0.29) is 5.56 Å². The molecule has 0 aliphatic carbocycles. The smallest absolute Gasteiger partial charge is 0.250 e. The normalized spacial score (nSPS) is 10.7. The summed E-state index contributed by atoms with van der Waals surface area (Å²) in [5.41, 5.74) is 1.86. The molecule has 0 saturated heterocycles. The number of nitrogens with zero attached hydrogens (tertiary/aromatic N) is 3. The van der Waals surface area contributed by atoms with Crippen LogP contribution in [0, 0.1) is 0 Å². The maximum atomic E-state index is 11.4. The van der Waals surface area contributed by atoms with Crippen LogP contribution < -0.4 is 10.3 Å². The van der Waals surface area contributed by atoms with E-state index in [9.17, 15) is 4.79 Å². The largest absolute Gasteiger partial charge is 0.497 e. The number of rotatable bonds is 5. The van der Waals surface area contributed by atoms with E-state index in [1.54, 1.807) is 26.4 Å². The molecule has 0 atom stereocenters. The van der Waals surface area contributed by atoms with Crippen molar-refractivity contribution < 1.29 is 9.26 Å². The van der Waals surface area contributed by atoms with Gasteiger partial charge in [-0.05, 0) is 30.2 Å². The highest BCUT2D eigenvalue weighted by molar-refractivity contribution is 5.52. The predicted octanol–water partition coefficient (Wildman–Crippen LogP) is 2.23. The summed E-state index contributed by atoms with van der Waals surface area (Å²) in [6.07, 6.45) is 3.16. The molecule has 3 aromatic rings. The first-order valence-corrected chi connectivity index (χ1v) is 7.28. The van der Waals surface area contributed by atoms with Gasteiger partial charge in [0.1, 0.15) is 5.75 Å². The lowest BCUT2D eigenvalue weighted by molar-refractivity contribution is 0.379. The van der Waals surface area contributed by atoms with Crippen LogP contribution in [0.1, 0.15) is 11.5 Å². The van der Waals surface area contributed by atoms with Crippen molar-refractivity contribution in [2.24, 2.45) is 7.05 Å². The van der Waals surface area contributed by atoms with E-state index in [1.807, 2.05) is 24.3 Å². The van der Waals surface area contributed by atoms with Gasteiger partial charge in [0.2, 0.25) is 17.3 Å². The summed E-state index contributed by atoms with van der Waals surface area (Å²) >= 11 is 0. The Morgan fingerprint density at radius 2 is 1.91 bits per heavy atom. The number of benzene rings is 1. The molecule has 1 aromatic carbocycles. The fourth-order valence-corrected chi connectivity index (χ4v) is 2.24. The number of hydrogen-bond donors (Lipinski definition) is 0. The number of hydrogen-bond acceptors (Lipinski definition) is 5. The molecule has 0 aliphatic rings. The molecule has 6 heteroatoms. The molecule has 0 saturated carbocycles. The van der Waals surface area contributed by atoms with Crippen LogP contribution in [-0.4, -0.2) is 21.8 Å². The summed E-state index contributed by atoms with van der Waals surface area (Å²) < 4.78 is 11.9. The molecule has 6 nitrogen and oxygen atoms in total. The quantitative estimate of drug-likeness (QED) is 0.722. The van der Waals surface area contributed by atoms with Crippen molar-refractivity contribution in [2.45, 2.75) is 12.8 Å². The van der Waals surface area contributed by atoms with Crippen LogP contribution in [0.5, 0.6) is 5.75 Å². The Hall–Kier alpha value is -2.89. The molecular formula is C17H17N3O3. The van der Waals surface area contributed by atoms with Gasteiger partial charge in [-0.15, -0.1) is 0 Å². The SMILES string of the molecule is COc1ccc(CCc2nc(-c3ccc(=O)n(C)c3)no2)cc1. The van der Waals surface area contributed by atoms with E-state index in [4.69, 9.17) is 9.26 Å². The van der Waals surface area contributed by atoms with Gasteiger partial charge in [0, 0.05) is 31.3 Å². The van der Waals surface area contributed by atoms with Gasteiger partial charge in [-0.2, -0.15) is 4.98 Å². The second-order valence-corrected chi connectivity index (χ2v) is 5.23. The van der Waals surface area contributed by atoms with Gasteiger partial charge >= 0.3 is 0 Å². The average molecular weight is 311 g/mol. The van der Waals surface area contributed by atoms with Crippen molar-refractivity contribution in [1.29, 1.82) is 0 Å². The maximum Gasteiger partial charge on any atom is 0.250 e. The zero-order valence-corrected chi connectivity index (χ0v) is 13.0. The second-order valence-electron chi connectivity index (χ2n) is 5.23. The van der Waals surface area contributed by atoms with Gasteiger partial charge in [0.15, 0.2) is 0 Å². The van der Waals surface area contributed by atoms with E-state index in [2.05, 4.69) is 10.1 Å². The number of aryl methyl sites for hydroxylation is 3. The highest BCUT2D eigenvalue weighted by Gasteiger charge is 2.09. The highest BCUT2D eigenvalue weighted by Crippen LogP contribution is 2.16. The van der Waals surface area contributed by atoms with Crippen molar-refractivity contribution >= 4 is 0 Å². The number of aromatic nitrogens is 3. The molecule has 2 aromatic heterocycles. The van der Waals surface area contributed by atoms with Crippen molar-refractivity contribution in [3.8, 4) is 17.1 Å². The molecule has 2 heterocycles. The average Bonchev–Trinajstić information content (AvgIpc) is 3.05. The summed E-state index contributed by atoms with van der Waals surface area (Å²) in [6.45, 7) is 0. The molecule has 0 unspecified atom stereocenters. The van der Waals surface area contributed by atoms with Crippen LogP contribution in [0.4, 0.5) is 0 Å². The lowest BCUT2D eigenvalue weighted by Crippen LogP contribution is -2.14. The van der Waals surface area contributed by atoms with E-state index >= 15 is 0 Å². The summed E-state index contributed by atoms with van der Waals surface area (Å²) in [4.78, 5) is 15.8. The van der Waals surface area contributed by atoms with E-state index in [0.29, 0.717) is 18.1 Å². The highest BCUT2D eigenvalue weighted by atomic mass is 16.5. The third kappa shape index (κ3) is 3.48. The number of ether oxygens (including phenoxy) is 1. The second kappa shape index (κ2) is 6.48. The number of methoxy groups -OCH3 is 1. The molecule has 0 fully saturated rings. The van der Waals surface area contributed by atoms with Crippen molar-refractivity contribution in [3.63, 3.8) is 0 Å². The monoisotopic (exact) mass is 311 g/mol. The Morgan fingerprint density at radius 1 is 1.13 bits per heavy atom. The maximum absolute atomic E-state index is 11.4. The van der Waals surface area contributed by atoms with Gasteiger partial charge in [-0.25, -0.2) is 0 Å². The van der Waals surface area contributed by atoms with Gasteiger partial charge in [0.25, 0.3) is 0 Å². The minimum absolute atomic E-state index is 0.0722. The first kappa shape index (κ1) is 15.0. The zero-order chi connectivity index (χ0) is 16.2. The molecular weight excluding hydrogens is 294 g/mol. The summed E-state index contributed by atoms with van der Waals surface area (Å²) in [5, 5.41) is 3.98. The minimum Gasteiger partial charge on any atom is -0.497 e. The third-order valence-electron chi connectivity index (χ3n) is 3.60. The molecule has 0 spiro atoms. The van der Waals surface area contributed by atoms with Crippen LogP contribution in [0.25, 0.3) is 11.4 Å². The molecule has 0 amide bonds. The van der Waals surface area contributed by atoms with E-state index in [1.165, 1.54) is 16.2 Å². The van der Waals surface area contributed by atoms with Gasteiger partial charge in [0.05, 0.1) is 7.11 Å². The Morgan fingerprint density at radius 3 is 2.61 bits per heavy atom. The van der Waals surface area contributed by atoms with Crippen LogP contribution in [0.3, 0.4) is 0 Å². The van der Waals surface area contributed by atoms with Gasteiger partial charge < -0.3 is 13.8 Å². The van der Waals surface area contributed by atoms with E-state index < -0.39 is 0 Å².